The Balaban J connectivity index is 2.74. The van der Waals surface area contributed by atoms with Gasteiger partial charge in [-0.1, -0.05) is 19.1 Å². The first-order valence-corrected chi connectivity index (χ1v) is 8.28. The summed E-state index contributed by atoms with van der Waals surface area (Å²) in [5.41, 5.74) is 0.365. The maximum atomic E-state index is 12.1. The standard InChI is InChI=1S/C14H20N2O4S/c1-3-13(17)11-6-5-7-12(10-11)21(19,20)16-9-8-14(18)15-4-2/h5-7,10,16H,3-4,8-9H2,1-2H3,(H,15,18). The Kier molecular flexibility index (Phi) is 6.51. The Hall–Kier alpha value is -1.73. The molecule has 0 bridgehead atoms. The molecule has 0 aliphatic rings. The van der Waals surface area contributed by atoms with Crippen molar-refractivity contribution in [3.05, 3.63) is 29.8 Å². The Bertz CT molecular complexity index is 611. The van der Waals surface area contributed by atoms with Gasteiger partial charge in [0.15, 0.2) is 5.78 Å². The zero-order chi connectivity index (χ0) is 15.9. The van der Waals surface area contributed by atoms with Crippen LogP contribution < -0.4 is 10.0 Å². The highest BCUT2D eigenvalue weighted by atomic mass is 32.2. The molecular formula is C14H20N2O4S. The molecule has 21 heavy (non-hydrogen) atoms. The van der Waals surface area contributed by atoms with Crippen molar-refractivity contribution in [2.24, 2.45) is 0 Å². The van der Waals surface area contributed by atoms with Crippen molar-refractivity contribution in [1.82, 2.24) is 10.0 Å². The van der Waals surface area contributed by atoms with Crippen molar-refractivity contribution in [3.8, 4) is 0 Å². The molecule has 0 saturated carbocycles. The Morgan fingerprint density at radius 1 is 1.19 bits per heavy atom. The number of hydrogen-bond acceptors (Lipinski definition) is 4. The first-order chi connectivity index (χ1) is 9.90. The van der Waals surface area contributed by atoms with E-state index in [4.69, 9.17) is 0 Å². The number of ketones is 1. The molecule has 0 heterocycles. The molecule has 0 aliphatic heterocycles. The molecule has 0 unspecified atom stereocenters. The van der Waals surface area contributed by atoms with Crippen molar-refractivity contribution >= 4 is 21.7 Å². The second-order valence-electron chi connectivity index (χ2n) is 4.41. The SMILES string of the molecule is CCNC(=O)CCNS(=O)(=O)c1cccc(C(=O)CC)c1. The molecule has 1 aromatic rings. The minimum atomic E-state index is -3.72. The third-order valence-corrected chi connectivity index (χ3v) is 4.26. The van der Waals surface area contributed by atoms with Gasteiger partial charge < -0.3 is 5.32 Å². The number of Topliss-reactive ketones (excluding diaryl/α,β-unsaturated/α-hetero) is 1. The minimum absolute atomic E-state index is 0.0140. The first kappa shape index (κ1) is 17.3. The fourth-order valence-electron chi connectivity index (χ4n) is 1.71. The Morgan fingerprint density at radius 2 is 1.90 bits per heavy atom. The van der Waals surface area contributed by atoms with Crippen molar-refractivity contribution in [2.75, 3.05) is 13.1 Å². The van der Waals surface area contributed by atoms with Crippen LogP contribution in [0.1, 0.15) is 37.0 Å². The highest BCUT2D eigenvalue weighted by molar-refractivity contribution is 7.89. The van der Waals surface area contributed by atoms with Crippen LogP contribution in [0.2, 0.25) is 0 Å². The quantitative estimate of drug-likeness (QED) is 0.703. The molecule has 0 aliphatic carbocycles. The smallest absolute Gasteiger partial charge is 0.240 e. The molecule has 6 nitrogen and oxygen atoms in total. The average Bonchev–Trinajstić information content (AvgIpc) is 2.46. The summed E-state index contributed by atoms with van der Waals surface area (Å²) in [4.78, 5) is 22.9. The molecule has 0 radical (unpaired) electrons. The lowest BCUT2D eigenvalue weighted by Crippen LogP contribution is -2.30. The van der Waals surface area contributed by atoms with Gasteiger partial charge in [0.2, 0.25) is 15.9 Å². The van der Waals surface area contributed by atoms with Crippen molar-refractivity contribution in [1.29, 1.82) is 0 Å². The molecule has 0 fully saturated rings. The van der Waals surface area contributed by atoms with Gasteiger partial charge in [0.25, 0.3) is 0 Å². The summed E-state index contributed by atoms with van der Waals surface area (Å²) in [6.07, 6.45) is 0.384. The molecule has 1 rings (SSSR count). The van der Waals surface area contributed by atoms with E-state index in [0.29, 0.717) is 18.5 Å². The lowest BCUT2D eigenvalue weighted by Gasteiger charge is -2.08. The number of rotatable bonds is 8. The Morgan fingerprint density at radius 3 is 2.52 bits per heavy atom. The van der Waals surface area contributed by atoms with Crippen LogP contribution in [0.5, 0.6) is 0 Å². The highest BCUT2D eigenvalue weighted by Gasteiger charge is 2.15. The van der Waals surface area contributed by atoms with Gasteiger partial charge in [0.1, 0.15) is 0 Å². The van der Waals surface area contributed by atoms with Gasteiger partial charge in [-0.2, -0.15) is 0 Å². The topological polar surface area (TPSA) is 92.3 Å². The number of sulfonamides is 1. The zero-order valence-electron chi connectivity index (χ0n) is 12.2. The maximum absolute atomic E-state index is 12.1. The maximum Gasteiger partial charge on any atom is 0.240 e. The van der Waals surface area contributed by atoms with E-state index in [9.17, 15) is 18.0 Å². The summed E-state index contributed by atoms with van der Waals surface area (Å²) in [5.74, 6) is -0.329. The van der Waals surface area contributed by atoms with Crippen LogP contribution in [0.25, 0.3) is 0 Å². The molecular weight excluding hydrogens is 292 g/mol. The van der Waals surface area contributed by atoms with Gasteiger partial charge in [-0.15, -0.1) is 0 Å². The summed E-state index contributed by atoms with van der Waals surface area (Å²) >= 11 is 0. The van der Waals surface area contributed by atoms with Crippen molar-refractivity contribution in [3.63, 3.8) is 0 Å². The normalized spacial score (nSPS) is 11.1. The van der Waals surface area contributed by atoms with Crippen molar-refractivity contribution < 1.29 is 18.0 Å². The lowest BCUT2D eigenvalue weighted by atomic mass is 10.1. The predicted octanol–water partition coefficient (Wildman–Crippen LogP) is 1.08. The molecule has 1 amide bonds. The number of benzene rings is 1. The number of carbonyl (C=O) groups excluding carboxylic acids is 2. The third kappa shape index (κ3) is 5.28. The first-order valence-electron chi connectivity index (χ1n) is 6.80. The lowest BCUT2D eigenvalue weighted by molar-refractivity contribution is -0.120. The summed E-state index contributed by atoms with van der Waals surface area (Å²) < 4.78 is 26.5. The summed E-state index contributed by atoms with van der Waals surface area (Å²) in [6.45, 7) is 4.03. The van der Waals surface area contributed by atoms with Crippen LogP contribution in [-0.4, -0.2) is 33.2 Å². The highest BCUT2D eigenvalue weighted by Crippen LogP contribution is 2.12. The fraction of sp³-hybridized carbons (Fsp3) is 0.429. The molecule has 2 N–H and O–H groups in total. The number of nitrogens with one attached hydrogen (secondary N) is 2. The predicted molar refractivity (Wildman–Crippen MR) is 79.6 cm³/mol. The Labute approximate surface area is 125 Å². The van der Waals surface area contributed by atoms with E-state index >= 15 is 0 Å². The van der Waals surface area contributed by atoms with Crippen LogP contribution in [0, 0.1) is 0 Å². The van der Waals surface area contributed by atoms with Gasteiger partial charge in [0.05, 0.1) is 4.90 Å². The van der Waals surface area contributed by atoms with E-state index in [1.54, 1.807) is 19.9 Å². The van der Waals surface area contributed by atoms with Gasteiger partial charge >= 0.3 is 0 Å². The summed E-state index contributed by atoms with van der Waals surface area (Å²) in [5, 5.41) is 2.58. The molecule has 0 spiro atoms. The second-order valence-corrected chi connectivity index (χ2v) is 6.17. The van der Waals surface area contributed by atoms with E-state index < -0.39 is 10.0 Å². The van der Waals surface area contributed by atoms with E-state index in [0.717, 1.165) is 0 Å². The third-order valence-electron chi connectivity index (χ3n) is 2.81. The summed E-state index contributed by atoms with van der Waals surface area (Å²) in [7, 11) is -3.72. The van der Waals surface area contributed by atoms with Crippen LogP contribution in [0.15, 0.2) is 29.2 Å². The van der Waals surface area contributed by atoms with E-state index in [1.165, 1.54) is 18.2 Å². The molecule has 0 atom stereocenters. The van der Waals surface area contributed by atoms with Crippen molar-refractivity contribution in [2.45, 2.75) is 31.6 Å². The second kappa shape index (κ2) is 7.90. The molecule has 0 saturated heterocycles. The van der Waals surface area contributed by atoms with Gasteiger partial charge in [-0.05, 0) is 19.1 Å². The van der Waals surface area contributed by atoms with Crippen LogP contribution in [0.3, 0.4) is 0 Å². The molecule has 7 heteroatoms. The van der Waals surface area contributed by atoms with E-state index in [-0.39, 0.29) is 29.6 Å². The fourth-order valence-corrected chi connectivity index (χ4v) is 2.79. The average molecular weight is 312 g/mol. The van der Waals surface area contributed by atoms with E-state index in [1.807, 2.05) is 0 Å². The van der Waals surface area contributed by atoms with Gasteiger partial charge in [-0.3, -0.25) is 9.59 Å². The van der Waals surface area contributed by atoms with Crippen LogP contribution in [-0.2, 0) is 14.8 Å². The van der Waals surface area contributed by atoms with Gasteiger partial charge in [0, 0.05) is 31.5 Å². The van der Waals surface area contributed by atoms with Gasteiger partial charge in [-0.25, -0.2) is 13.1 Å². The molecule has 0 aromatic heterocycles. The molecule has 116 valence electrons. The molecule has 1 aromatic carbocycles. The monoisotopic (exact) mass is 312 g/mol. The minimum Gasteiger partial charge on any atom is -0.356 e. The zero-order valence-corrected chi connectivity index (χ0v) is 13.0. The largest absolute Gasteiger partial charge is 0.356 e. The summed E-state index contributed by atoms with van der Waals surface area (Å²) in [6, 6.07) is 5.88. The van der Waals surface area contributed by atoms with E-state index in [2.05, 4.69) is 10.0 Å². The number of hydrogen-bond donors (Lipinski definition) is 2. The number of amides is 1. The number of carbonyl (C=O) groups is 2. The van der Waals surface area contributed by atoms with Crippen LogP contribution in [0.4, 0.5) is 0 Å². The van der Waals surface area contributed by atoms with Crippen LogP contribution >= 0.6 is 0 Å².